The van der Waals surface area contributed by atoms with Crippen molar-refractivity contribution in [3.8, 4) is 0 Å². The minimum atomic E-state index is -0.156. The quantitative estimate of drug-likeness (QED) is 0.877. The SMILES string of the molecule is CCC(CC)n1ccc(CC(N)c2ccc(Br)o2)n1. The second kappa shape index (κ2) is 6.39. The van der Waals surface area contributed by atoms with Gasteiger partial charge in [-0.3, -0.25) is 4.68 Å². The number of nitrogens with zero attached hydrogens (tertiary/aromatic N) is 2. The van der Waals surface area contributed by atoms with Crippen LogP contribution in [0.25, 0.3) is 0 Å². The van der Waals surface area contributed by atoms with E-state index in [-0.39, 0.29) is 6.04 Å². The zero-order valence-electron chi connectivity index (χ0n) is 11.3. The minimum absolute atomic E-state index is 0.156. The van der Waals surface area contributed by atoms with Gasteiger partial charge in [0, 0.05) is 12.6 Å². The van der Waals surface area contributed by atoms with Gasteiger partial charge in [-0.15, -0.1) is 0 Å². The first-order valence-corrected chi connectivity index (χ1v) is 7.48. The third-order valence-corrected chi connectivity index (χ3v) is 3.79. The Balaban J connectivity index is 2.03. The predicted molar refractivity (Wildman–Crippen MR) is 78.9 cm³/mol. The number of furan rings is 1. The lowest BCUT2D eigenvalue weighted by molar-refractivity contribution is 0.419. The van der Waals surface area contributed by atoms with Crippen LogP contribution in [0.2, 0.25) is 0 Å². The van der Waals surface area contributed by atoms with Gasteiger partial charge in [-0.1, -0.05) is 13.8 Å². The first-order chi connectivity index (χ1) is 9.13. The Hall–Kier alpha value is -1.07. The maximum atomic E-state index is 6.13. The zero-order valence-corrected chi connectivity index (χ0v) is 12.9. The summed E-state index contributed by atoms with van der Waals surface area (Å²) >= 11 is 3.29. The summed E-state index contributed by atoms with van der Waals surface area (Å²) in [5, 5.41) is 4.61. The van der Waals surface area contributed by atoms with Crippen LogP contribution in [-0.2, 0) is 6.42 Å². The number of rotatable bonds is 6. The summed E-state index contributed by atoms with van der Waals surface area (Å²) in [6, 6.07) is 6.11. The van der Waals surface area contributed by atoms with E-state index in [1.54, 1.807) is 0 Å². The summed E-state index contributed by atoms with van der Waals surface area (Å²) < 4.78 is 8.22. The molecule has 19 heavy (non-hydrogen) atoms. The van der Waals surface area contributed by atoms with Crippen LogP contribution >= 0.6 is 15.9 Å². The molecule has 104 valence electrons. The van der Waals surface area contributed by atoms with Gasteiger partial charge in [0.15, 0.2) is 4.67 Å². The molecule has 0 aromatic carbocycles. The second-order valence-corrected chi connectivity index (χ2v) is 5.49. The third-order valence-electron chi connectivity index (χ3n) is 3.37. The Kier molecular flexibility index (Phi) is 4.82. The summed E-state index contributed by atoms with van der Waals surface area (Å²) in [6.45, 7) is 4.36. The average molecular weight is 326 g/mol. The molecule has 4 nitrogen and oxygen atoms in total. The molecule has 2 N–H and O–H groups in total. The van der Waals surface area contributed by atoms with Gasteiger partial charge >= 0.3 is 0 Å². The van der Waals surface area contributed by atoms with Crippen molar-refractivity contribution in [1.82, 2.24) is 9.78 Å². The predicted octanol–water partition coefficient (Wildman–Crippen LogP) is 3.84. The lowest BCUT2D eigenvalue weighted by atomic mass is 10.1. The van der Waals surface area contributed by atoms with E-state index >= 15 is 0 Å². The maximum absolute atomic E-state index is 6.13. The van der Waals surface area contributed by atoms with Crippen LogP contribution < -0.4 is 5.73 Å². The second-order valence-electron chi connectivity index (χ2n) is 4.71. The molecule has 2 aromatic rings. The van der Waals surface area contributed by atoms with Crippen LogP contribution in [0.5, 0.6) is 0 Å². The highest BCUT2D eigenvalue weighted by atomic mass is 79.9. The number of hydrogen-bond acceptors (Lipinski definition) is 3. The fourth-order valence-electron chi connectivity index (χ4n) is 2.21. The molecule has 0 aliphatic heterocycles. The molecular formula is C14H20BrN3O. The van der Waals surface area contributed by atoms with Crippen LogP contribution in [-0.4, -0.2) is 9.78 Å². The van der Waals surface area contributed by atoms with Crippen molar-refractivity contribution in [1.29, 1.82) is 0 Å². The highest BCUT2D eigenvalue weighted by Gasteiger charge is 2.14. The van der Waals surface area contributed by atoms with Crippen molar-refractivity contribution in [3.05, 3.63) is 40.5 Å². The van der Waals surface area contributed by atoms with Gasteiger partial charge in [0.05, 0.1) is 17.8 Å². The maximum Gasteiger partial charge on any atom is 0.169 e. The summed E-state index contributed by atoms with van der Waals surface area (Å²) in [5.74, 6) is 0.781. The Labute approximate surface area is 122 Å². The molecule has 2 rings (SSSR count). The van der Waals surface area contributed by atoms with Crippen molar-refractivity contribution >= 4 is 15.9 Å². The molecule has 0 aliphatic carbocycles. The fourth-order valence-corrected chi connectivity index (χ4v) is 2.52. The molecule has 5 heteroatoms. The topological polar surface area (TPSA) is 57.0 Å². The van der Waals surface area contributed by atoms with Gasteiger partial charge in [-0.05, 0) is 47.0 Å². The Bertz CT molecular complexity index is 516. The molecule has 2 aromatic heterocycles. The molecule has 0 fully saturated rings. The van der Waals surface area contributed by atoms with Crippen LogP contribution in [0.15, 0.2) is 33.5 Å². The van der Waals surface area contributed by atoms with E-state index in [0.717, 1.165) is 24.3 Å². The molecule has 0 radical (unpaired) electrons. The van der Waals surface area contributed by atoms with Crippen molar-refractivity contribution in [2.45, 2.75) is 45.2 Å². The summed E-state index contributed by atoms with van der Waals surface area (Å²) in [4.78, 5) is 0. The van der Waals surface area contributed by atoms with Gasteiger partial charge in [0.1, 0.15) is 5.76 Å². The summed E-state index contributed by atoms with van der Waals surface area (Å²) in [5.41, 5.74) is 7.13. The van der Waals surface area contributed by atoms with Crippen molar-refractivity contribution in [3.63, 3.8) is 0 Å². The summed E-state index contributed by atoms with van der Waals surface area (Å²) in [7, 11) is 0. The molecular weight excluding hydrogens is 306 g/mol. The van der Waals surface area contributed by atoms with E-state index in [1.165, 1.54) is 0 Å². The number of aromatic nitrogens is 2. The van der Waals surface area contributed by atoms with E-state index in [1.807, 2.05) is 29.1 Å². The Morgan fingerprint density at radius 2 is 2.05 bits per heavy atom. The monoisotopic (exact) mass is 325 g/mol. The molecule has 0 spiro atoms. The fraction of sp³-hybridized carbons (Fsp3) is 0.500. The van der Waals surface area contributed by atoms with Crippen LogP contribution in [0.4, 0.5) is 0 Å². The van der Waals surface area contributed by atoms with Crippen molar-refractivity contribution in [2.24, 2.45) is 5.73 Å². The summed E-state index contributed by atoms with van der Waals surface area (Å²) in [6.07, 6.45) is 4.91. The molecule has 0 aliphatic rings. The number of nitrogens with two attached hydrogens (primary N) is 1. The molecule has 0 saturated carbocycles. The first-order valence-electron chi connectivity index (χ1n) is 6.68. The largest absolute Gasteiger partial charge is 0.453 e. The van der Waals surface area contributed by atoms with E-state index in [4.69, 9.17) is 10.2 Å². The van der Waals surface area contributed by atoms with Crippen molar-refractivity contribution < 1.29 is 4.42 Å². The van der Waals surface area contributed by atoms with E-state index in [9.17, 15) is 0 Å². The number of halogens is 1. The molecule has 0 saturated heterocycles. The van der Waals surface area contributed by atoms with Crippen molar-refractivity contribution in [2.75, 3.05) is 0 Å². The highest BCUT2D eigenvalue weighted by molar-refractivity contribution is 9.10. The lowest BCUT2D eigenvalue weighted by Gasteiger charge is -2.12. The van der Waals surface area contributed by atoms with Gasteiger partial charge in [0.25, 0.3) is 0 Å². The smallest absolute Gasteiger partial charge is 0.169 e. The van der Waals surface area contributed by atoms with Crippen LogP contribution in [0.1, 0.15) is 50.2 Å². The highest BCUT2D eigenvalue weighted by Crippen LogP contribution is 2.22. The lowest BCUT2D eigenvalue weighted by Crippen LogP contribution is -2.14. The third kappa shape index (κ3) is 3.48. The Morgan fingerprint density at radius 1 is 1.32 bits per heavy atom. The Morgan fingerprint density at radius 3 is 2.63 bits per heavy atom. The first kappa shape index (κ1) is 14.3. The van der Waals surface area contributed by atoms with Gasteiger partial charge in [-0.2, -0.15) is 5.10 Å². The van der Waals surface area contributed by atoms with Crippen LogP contribution in [0.3, 0.4) is 0 Å². The van der Waals surface area contributed by atoms with E-state index in [2.05, 4.69) is 34.9 Å². The van der Waals surface area contributed by atoms with Gasteiger partial charge in [-0.25, -0.2) is 0 Å². The van der Waals surface area contributed by atoms with Gasteiger partial charge < -0.3 is 10.2 Å². The standard InChI is InChI=1S/C14H20BrN3O/c1-3-11(4-2)18-8-7-10(17-18)9-12(16)13-5-6-14(15)19-13/h5-8,11-12H,3-4,9,16H2,1-2H3. The molecule has 0 bridgehead atoms. The number of hydrogen-bond donors (Lipinski definition) is 1. The molecule has 0 amide bonds. The normalized spacial score (nSPS) is 13.1. The molecule has 2 heterocycles. The average Bonchev–Trinajstić information content (AvgIpc) is 3.00. The zero-order chi connectivity index (χ0) is 13.8. The van der Waals surface area contributed by atoms with Gasteiger partial charge in [0.2, 0.25) is 0 Å². The van der Waals surface area contributed by atoms with E-state index < -0.39 is 0 Å². The van der Waals surface area contributed by atoms with Crippen LogP contribution in [0, 0.1) is 0 Å². The molecule has 1 unspecified atom stereocenters. The van der Waals surface area contributed by atoms with E-state index in [0.29, 0.717) is 17.1 Å². The molecule has 1 atom stereocenters. The minimum Gasteiger partial charge on any atom is -0.453 e.